The first kappa shape index (κ1) is 40.0. The highest BCUT2D eigenvalue weighted by Gasteiger charge is 2.40. The van der Waals surface area contributed by atoms with Crippen LogP contribution in [0.3, 0.4) is 0 Å². The lowest BCUT2D eigenvalue weighted by atomic mass is 9.89. The normalized spacial score (nSPS) is 14.6. The molecule has 0 radical (unpaired) electrons. The van der Waals surface area contributed by atoms with Crippen LogP contribution in [0.25, 0.3) is 0 Å². The molecule has 0 bridgehead atoms. The maximum atomic E-state index is 14.1. The summed E-state index contributed by atoms with van der Waals surface area (Å²) in [5.41, 5.74) is 3.67. The summed E-state index contributed by atoms with van der Waals surface area (Å²) >= 11 is 0. The lowest BCUT2D eigenvalue weighted by Crippen LogP contribution is -2.46. The first-order valence-electron chi connectivity index (χ1n) is 19.1. The van der Waals surface area contributed by atoms with Crippen LogP contribution < -0.4 is 10.1 Å². The molecule has 8 nitrogen and oxygen atoms in total. The van der Waals surface area contributed by atoms with E-state index in [9.17, 15) is 18.8 Å². The van der Waals surface area contributed by atoms with Gasteiger partial charge in [0, 0.05) is 25.6 Å². The predicted molar refractivity (Wildman–Crippen MR) is 207 cm³/mol. The average molecular weight is 737 g/mol. The number of amides is 2. The van der Waals surface area contributed by atoms with Gasteiger partial charge >= 0.3 is 12.1 Å². The summed E-state index contributed by atoms with van der Waals surface area (Å²) in [5.74, 6) is -0.429. The Balaban J connectivity index is 1.13. The van der Waals surface area contributed by atoms with Crippen LogP contribution in [0, 0.1) is 23.6 Å². The van der Waals surface area contributed by atoms with Gasteiger partial charge < -0.3 is 24.4 Å². The van der Waals surface area contributed by atoms with E-state index in [1.165, 1.54) is 12.1 Å². The minimum atomic E-state index is -0.637. The molecule has 5 rings (SSSR count). The zero-order valence-corrected chi connectivity index (χ0v) is 31.6. The molecule has 0 aromatic heterocycles. The number of rotatable bonds is 20. The van der Waals surface area contributed by atoms with Crippen molar-refractivity contribution < 1.29 is 33.0 Å². The van der Waals surface area contributed by atoms with Gasteiger partial charge in [0.05, 0.1) is 12.0 Å². The number of nitrogens with zero attached hydrogens (tertiary/aromatic N) is 1. The van der Waals surface area contributed by atoms with Crippen LogP contribution >= 0.6 is 0 Å². The smallest absolute Gasteiger partial charge is 0.407 e. The molecule has 0 saturated heterocycles. The number of carbonyl (C=O) groups is 3. The van der Waals surface area contributed by atoms with Gasteiger partial charge in [0.1, 0.15) is 24.8 Å². The van der Waals surface area contributed by atoms with Gasteiger partial charge in [-0.25, -0.2) is 9.18 Å². The van der Waals surface area contributed by atoms with Crippen molar-refractivity contribution in [2.24, 2.45) is 17.8 Å². The minimum Gasteiger partial charge on any atom is -0.490 e. The third kappa shape index (κ3) is 12.5. The van der Waals surface area contributed by atoms with Gasteiger partial charge in [-0.1, -0.05) is 91.0 Å². The molecule has 0 aliphatic heterocycles. The van der Waals surface area contributed by atoms with Crippen LogP contribution in [-0.2, 0) is 45.1 Å². The number of benzene rings is 4. The Kier molecular flexibility index (Phi) is 15.1. The average Bonchev–Trinajstić information content (AvgIpc) is 4.04. The molecule has 1 aliphatic rings. The number of nitrogens with one attached hydrogen (secondary N) is 1. The van der Waals surface area contributed by atoms with Crippen molar-refractivity contribution in [2.45, 2.75) is 84.2 Å². The van der Waals surface area contributed by atoms with Gasteiger partial charge in [-0.15, -0.1) is 0 Å². The fourth-order valence-electron chi connectivity index (χ4n) is 6.71. The van der Waals surface area contributed by atoms with Crippen LogP contribution in [0.15, 0.2) is 109 Å². The van der Waals surface area contributed by atoms with E-state index in [0.29, 0.717) is 31.7 Å². The molecule has 0 unspecified atom stereocenters. The highest BCUT2D eigenvalue weighted by molar-refractivity contribution is 5.81. The molecule has 9 heteroatoms. The zero-order valence-electron chi connectivity index (χ0n) is 31.6. The monoisotopic (exact) mass is 736 g/mol. The summed E-state index contributed by atoms with van der Waals surface area (Å²) in [4.78, 5) is 41.6. The minimum absolute atomic E-state index is 0.0207. The molecule has 54 heavy (non-hydrogen) atoms. The number of esters is 1. The van der Waals surface area contributed by atoms with Crippen molar-refractivity contribution in [3.63, 3.8) is 0 Å². The van der Waals surface area contributed by atoms with Gasteiger partial charge in [-0.2, -0.15) is 0 Å². The molecule has 1 fully saturated rings. The molecule has 2 amide bonds. The fourth-order valence-corrected chi connectivity index (χ4v) is 6.71. The van der Waals surface area contributed by atoms with Crippen molar-refractivity contribution in [2.75, 3.05) is 13.6 Å². The number of para-hydroxylation sites is 1. The van der Waals surface area contributed by atoms with E-state index in [1.54, 1.807) is 24.1 Å². The second-order valence-corrected chi connectivity index (χ2v) is 14.4. The van der Waals surface area contributed by atoms with Gasteiger partial charge in [-0.05, 0) is 105 Å². The lowest BCUT2D eigenvalue weighted by Gasteiger charge is -2.34. The standard InChI is InChI=1S/C45H53FN2O6/c1-32(54-42-19-11-10-17-38(42)18-12-28-47-45(51)53-31-36-15-8-5-9-16-36)20-27-40(37-23-24-37)43(49)48(3)33(2)41(29-34-21-25-39(46)26-22-34)44(50)52-30-35-13-6-4-7-14-35/h4-11,13-17,19,21-22,25-26,32-33,37,40-41H,12,18,20,23-24,27-31H2,1-3H3,(H,47,51)/t32-,33-,40+,41+/m1/s1. The van der Waals surface area contributed by atoms with Gasteiger partial charge in [0.2, 0.25) is 5.91 Å². The third-order valence-electron chi connectivity index (χ3n) is 10.2. The molecular formula is C45H53FN2O6. The highest BCUT2D eigenvalue weighted by atomic mass is 19.1. The Hall–Kier alpha value is -5.18. The number of hydrogen-bond donors (Lipinski definition) is 1. The van der Waals surface area contributed by atoms with Gasteiger partial charge in [0.15, 0.2) is 0 Å². The van der Waals surface area contributed by atoms with E-state index in [0.717, 1.165) is 53.7 Å². The number of hydrogen-bond acceptors (Lipinski definition) is 6. The van der Waals surface area contributed by atoms with Crippen LogP contribution in [0.1, 0.15) is 68.2 Å². The quantitative estimate of drug-likeness (QED) is 0.0721. The van der Waals surface area contributed by atoms with Gasteiger partial charge in [-0.3, -0.25) is 9.59 Å². The number of alkyl carbamates (subject to hydrolysis) is 1. The zero-order chi connectivity index (χ0) is 38.3. The van der Waals surface area contributed by atoms with Crippen molar-refractivity contribution in [1.29, 1.82) is 0 Å². The number of carbonyl (C=O) groups excluding carboxylic acids is 3. The maximum Gasteiger partial charge on any atom is 0.407 e. The summed E-state index contributed by atoms with van der Waals surface area (Å²) in [7, 11) is 1.78. The van der Waals surface area contributed by atoms with Crippen molar-refractivity contribution in [3.05, 3.63) is 137 Å². The Morgan fingerprint density at radius 3 is 2.04 bits per heavy atom. The predicted octanol–water partition coefficient (Wildman–Crippen LogP) is 8.71. The van der Waals surface area contributed by atoms with Crippen LogP contribution in [0.5, 0.6) is 5.75 Å². The molecule has 4 aromatic rings. The lowest BCUT2D eigenvalue weighted by molar-refractivity contribution is -0.154. The first-order chi connectivity index (χ1) is 26.2. The molecule has 0 spiro atoms. The number of ether oxygens (including phenoxy) is 3. The van der Waals surface area contributed by atoms with E-state index in [-0.39, 0.29) is 37.0 Å². The molecule has 4 atom stereocenters. The molecule has 286 valence electrons. The Morgan fingerprint density at radius 2 is 1.39 bits per heavy atom. The summed E-state index contributed by atoms with van der Waals surface area (Å²) in [6, 6.07) is 32.7. The molecule has 4 aromatic carbocycles. The van der Waals surface area contributed by atoms with E-state index < -0.39 is 24.0 Å². The van der Waals surface area contributed by atoms with Crippen molar-refractivity contribution in [3.8, 4) is 5.75 Å². The van der Waals surface area contributed by atoms with Crippen molar-refractivity contribution in [1.82, 2.24) is 10.2 Å². The number of aryl methyl sites for hydroxylation is 1. The van der Waals surface area contributed by atoms with Crippen LogP contribution in [-0.4, -0.2) is 48.6 Å². The molecule has 0 heterocycles. The topological polar surface area (TPSA) is 94.2 Å². The third-order valence-corrected chi connectivity index (χ3v) is 10.2. The highest BCUT2D eigenvalue weighted by Crippen LogP contribution is 2.41. The second kappa shape index (κ2) is 20.3. The summed E-state index contributed by atoms with van der Waals surface area (Å²) < 4.78 is 31.2. The number of halogens is 1. The fraction of sp³-hybridized carbons (Fsp3) is 0.400. The summed E-state index contributed by atoms with van der Waals surface area (Å²) in [5, 5.41) is 2.82. The molecule has 1 N–H and O–H groups in total. The van der Waals surface area contributed by atoms with E-state index in [1.807, 2.05) is 98.8 Å². The second-order valence-electron chi connectivity index (χ2n) is 14.4. The molecule has 1 aliphatic carbocycles. The summed E-state index contributed by atoms with van der Waals surface area (Å²) in [6.07, 6.45) is 4.55. The van der Waals surface area contributed by atoms with Gasteiger partial charge in [0.25, 0.3) is 0 Å². The Morgan fingerprint density at radius 1 is 0.778 bits per heavy atom. The van der Waals surface area contributed by atoms with Crippen LogP contribution in [0.4, 0.5) is 9.18 Å². The van der Waals surface area contributed by atoms with E-state index in [2.05, 4.69) is 5.32 Å². The Bertz CT molecular complexity index is 1770. The van der Waals surface area contributed by atoms with E-state index in [4.69, 9.17) is 14.2 Å². The van der Waals surface area contributed by atoms with E-state index >= 15 is 0 Å². The maximum absolute atomic E-state index is 14.1. The SMILES string of the molecule is C[C@H](CC[C@H](C(=O)N(C)[C@H](C)[C@H](Cc1ccc(F)cc1)C(=O)OCc1ccccc1)C1CC1)Oc1ccccc1CCCNC(=O)OCc1ccccc1. The largest absolute Gasteiger partial charge is 0.490 e. The van der Waals surface area contributed by atoms with Crippen LogP contribution in [0.2, 0.25) is 0 Å². The Labute approximate surface area is 319 Å². The first-order valence-corrected chi connectivity index (χ1v) is 19.1. The summed E-state index contributed by atoms with van der Waals surface area (Å²) in [6.45, 7) is 4.77. The molecular weight excluding hydrogens is 684 g/mol. The molecule has 1 saturated carbocycles. The van der Waals surface area contributed by atoms with Crippen molar-refractivity contribution >= 4 is 18.0 Å².